The first-order chi connectivity index (χ1) is 43.5. The fraction of sp³-hybridized carbons (Fsp3) is 0. The lowest BCUT2D eigenvalue weighted by Crippen LogP contribution is -1.94. The van der Waals surface area contributed by atoms with E-state index in [1.165, 1.54) is 76.6 Å². The maximum absolute atomic E-state index is 9.61. The van der Waals surface area contributed by atoms with Gasteiger partial charge in [-0.05, 0) is 173 Å². The van der Waals surface area contributed by atoms with E-state index in [0.29, 0.717) is 16.8 Å². The van der Waals surface area contributed by atoms with Crippen molar-refractivity contribution in [3.05, 3.63) is 320 Å². The average molecular weight is 1120 g/mol. The maximum Gasteiger partial charge on any atom is 0.190 e. The highest BCUT2D eigenvalue weighted by Crippen LogP contribution is 2.42. The van der Waals surface area contributed by atoms with Crippen LogP contribution in [0.3, 0.4) is 0 Å². The second-order valence-electron chi connectivity index (χ2n) is 22.2. The van der Waals surface area contributed by atoms with E-state index < -0.39 is 0 Å². The molecule has 0 spiro atoms. The van der Waals surface area contributed by atoms with Gasteiger partial charge in [-0.1, -0.05) is 158 Å². The number of aromatic nitrogens is 4. The summed E-state index contributed by atoms with van der Waals surface area (Å²) in [6.45, 7) is 7.55. The second kappa shape index (κ2) is 21.0. The number of hydrogen-bond acceptors (Lipinski definition) is 2. The summed E-state index contributed by atoms with van der Waals surface area (Å²) in [5.41, 5.74) is 21.9. The molecule has 0 saturated heterocycles. The summed E-state index contributed by atoms with van der Waals surface area (Å²) in [6, 6.07) is 109. The molecule has 88 heavy (non-hydrogen) atoms. The largest absolute Gasteiger partial charge is 0.310 e. The Hall–Kier alpha value is -12.5. The molecule has 0 unspecified atom stereocenters. The molecule has 0 aliphatic heterocycles. The summed E-state index contributed by atoms with van der Waals surface area (Å²) in [6.07, 6.45) is 0. The first-order valence-electron chi connectivity index (χ1n) is 29.3. The van der Waals surface area contributed by atoms with Crippen LogP contribution in [-0.4, -0.2) is 18.3 Å². The van der Waals surface area contributed by atoms with Gasteiger partial charge < -0.3 is 18.3 Å². The number of nitrogens with zero attached hydrogens (tertiary/aromatic N) is 7. The van der Waals surface area contributed by atoms with Crippen molar-refractivity contribution in [3.63, 3.8) is 0 Å². The third-order valence-corrected chi connectivity index (χ3v) is 17.3. The Kier molecular flexibility index (Phi) is 12.2. The normalized spacial score (nSPS) is 11.4. The molecule has 0 aliphatic rings. The summed E-state index contributed by atoms with van der Waals surface area (Å²) >= 11 is 0. The van der Waals surface area contributed by atoms with Crippen molar-refractivity contribution < 1.29 is 0 Å². The molecule has 17 aromatic rings. The summed E-state index contributed by atoms with van der Waals surface area (Å²) in [4.78, 5) is 3.61. The molecule has 0 radical (unpaired) electrons. The van der Waals surface area contributed by atoms with E-state index >= 15 is 0 Å². The lowest BCUT2D eigenvalue weighted by molar-refractivity contribution is 1.18. The van der Waals surface area contributed by atoms with Crippen LogP contribution in [0.25, 0.3) is 148 Å². The van der Waals surface area contributed by atoms with Gasteiger partial charge in [-0.25, -0.2) is 4.85 Å². The van der Waals surface area contributed by atoms with Crippen molar-refractivity contribution in [2.75, 3.05) is 0 Å². The van der Waals surface area contributed by atoms with Crippen LogP contribution in [0.4, 0.5) is 5.69 Å². The van der Waals surface area contributed by atoms with Gasteiger partial charge in [0.05, 0.1) is 68.4 Å². The van der Waals surface area contributed by atoms with Crippen LogP contribution < -0.4 is 0 Å². The van der Waals surface area contributed by atoms with E-state index in [1.54, 1.807) is 6.07 Å². The van der Waals surface area contributed by atoms with E-state index in [4.69, 9.17) is 6.57 Å². The molecule has 0 saturated carbocycles. The molecule has 0 atom stereocenters. The SMILES string of the molecule is N#Cc1ccc(-n2c3ccccc3c3cc(-c4ccc5c(c4)c4ccccc4n5-c4cccc(-c5ccccc5)c4)ccc32)cc1.[C-]#[N+]c1cc(C#N)cc(-n2c3ccccc3c3cc(-c4ccc5c(c4)c4ccccc4n5-c4ccccc4)ccc32)c1. The number of rotatable bonds is 7. The summed E-state index contributed by atoms with van der Waals surface area (Å²) in [7, 11) is 0. The van der Waals surface area contributed by atoms with Crippen LogP contribution in [0.15, 0.2) is 297 Å². The number of para-hydroxylation sites is 5. The number of benzene rings is 13. The molecule has 0 N–H and O–H groups in total. The molecule has 0 aliphatic carbocycles. The van der Waals surface area contributed by atoms with Crippen LogP contribution in [-0.2, 0) is 0 Å². The van der Waals surface area contributed by atoms with Gasteiger partial charge in [0.2, 0.25) is 0 Å². The summed E-state index contributed by atoms with van der Waals surface area (Å²) in [5.74, 6) is 0. The molecule has 0 amide bonds. The molecule has 4 heterocycles. The highest BCUT2D eigenvalue weighted by Gasteiger charge is 2.20. The minimum atomic E-state index is 0.453. The predicted octanol–water partition coefficient (Wildman–Crippen LogP) is 21.1. The van der Waals surface area contributed by atoms with Crippen LogP contribution in [0, 0.1) is 29.2 Å². The monoisotopic (exact) mass is 1120 g/mol. The first-order valence-corrected chi connectivity index (χ1v) is 29.3. The summed E-state index contributed by atoms with van der Waals surface area (Å²) in [5, 5.41) is 28.5. The minimum Gasteiger partial charge on any atom is -0.310 e. The zero-order valence-electron chi connectivity index (χ0n) is 47.4. The van der Waals surface area contributed by atoms with E-state index in [1.807, 2.05) is 48.5 Å². The molecule has 0 bridgehead atoms. The van der Waals surface area contributed by atoms with Crippen molar-refractivity contribution >= 4 is 92.9 Å². The summed E-state index contributed by atoms with van der Waals surface area (Å²) < 4.78 is 9.16. The standard InChI is InChI=1S/C43H27N3.C38H22N4/c44-28-29-17-21-34(22-18-29)45-40-15-6-4-13-36(40)38-26-32(19-23-42(38)45)33-20-24-43-39(27-33)37-14-5-7-16-41(37)46(43)35-12-8-11-31(25-35)30-9-2-1-3-10-30;1-40-28-19-25(24-39)20-30(23-28)42-36-14-8-6-12-32(36)34-22-27(16-18-38(34)42)26-15-17-37-33(21-26)31-11-5-7-13-35(31)41(37)29-9-3-2-4-10-29/h1-27H;2-23H. The first kappa shape index (κ1) is 51.2. The van der Waals surface area contributed by atoms with Gasteiger partial charge in [0.25, 0.3) is 0 Å². The molecule has 0 fully saturated rings. The number of hydrogen-bond donors (Lipinski definition) is 0. The zero-order chi connectivity index (χ0) is 58.8. The smallest absolute Gasteiger partial charge is 0.190 e. The lowest BCUT2D eigenvalue weighted by Gasteiger charge is -2.11. The van der Waals surface area contributed by atoms with Crippen LogP contribution >= 0.6 is 0 Å². The minimum absolute atomic E-state index is 0.453. The Labute approximate surface area is 507 Å². The van der Waals surface area contributed by atoms with Crippen molar-refractivity contribution in [1.82, 2.24) is 18.3 Å². The van der Waals surface area contributed by atoms with Gasteiger partial charge in [0.1, 0.15) is 0 Å². The average Bonchev–Trinajstić information content (AvgIpc) is 2.56. The Balaban J connectivity index is 0.000000142. The molecule has 13 aromatic carbocycles. The maximum atomic E-state index is 9.61. The number of fused-ring (bicyclic) bond motifs is 12. The molecule has 7 nitrogen and oxygen atoms in total. The van der Waals surface area contributed by atoms with Gasteiger partial charge in [-0.3, -0.25) is 0 Å². The molecule has 7 heteroatoms. The molecular weight excluding hydrogens is 1070 g/mol. The third kappa shape index (κ3) is 8.48. The van der Waals surface area contributed by atoms with Crippen LogP contribution in [0.2, 0.25) is 0 Å². The van der Waals surface area contributed by atoms with E-state index in [9.17, 15) is 10.5 Å². The van der Waals surface area contributed by atoms with Crippen LogP contribution in [0.1, 0.15) is 11.1 Å². The fourth-order valence-electron chi connectivity index (χ4n) is 13.3. The topological polar surface area (TPSA) is 71.7 Å². The quantitative estimate of drug-likeness (QED) is 0.149. The Morgan fingerprint density at radius 3 is 1.01 bits per heavy atom. The predicted molar refractivity (Wildman–Crippen MR) is 362 cm³/mol. The van der Waals surface area contributed by atoms with Gasteiger partial charge in [-0.2, -0.15) is 10.5 Å². The fourth-order valence-corrected chi connectivity index (χ4v) is 13.3. The highest BCUT2D eigenvalue weighted by molar-refractivity contribution is 6.15. The Bertz CT molecular complexity index is 5750. The molecular formula is C81H49N7. The van der Waals surface area contributed by atoms with Gasteiger partial charge in [0, 0.05) is 71.4 Å². The Morgan fingerprint density at radius 2 is 0.580 bits per heavy atom. The highest BCUT2D eigenvalue weighted by atomic mass is 15.0. The van der Waals surface area contributed by atoms with Gasteiger partial charge in [-0.15, -0.1) is 0 Å². The van der Waals surface area contributed by atoms with Gasteiger partial charge >= 0.3 is 0 Å². The van der Waals surface area contributed by atoms with Crippen molar-refractivity contribution in [2.24, 2.45) is 0 Å². The third-order valence-electron chi connectivity index (χ3n) is 17.3. The number of nitriles is 2. The van der Waals surface area contributed by atoms with Gasteiger partial charge in [0.15, 0.2) is 5.69 Å². The van der Waals surface area contributed by atoms with Crippen LogP contribution in [0.5, 0.6) is 0 Å². The molecule has 408 valence electrons. The Morgan fingerprint density at radius 1 is 0.239 bits per heavy atom. The van der Waals surface area contributed by atoms with E-state index in [2.05, 4.69) is 278 Å². The van der Waals surface area contributed by atoms with E-state index in [0.717, 1.165) is 66.7 Å². The van der Waals surface area contributed by atoms with Crippen molar-refractivity contribution in [3.8, 4) is 68.3 Å². The second-order valence-corrected chi connectivity index (χ2v) is 22.2. The molecule has 4 aromatic heterocycles. The zero-order valence-corrected chi connectivity index (χ0v) is 47.4. The van der Waals surface area contributed by atoms with E-state index in [-0.39, 0.29) is 0 Å². The lowest BCUT2D eigenvalue weighted by atomic mass is 10.0. The van der Waals surface area contributed by atoms with Crippen molar-refractivity contribution in [2.45, 2.75) is 0 Å². The molecule has 17 rings (SSSR count). The van der Waals surface area contributed by atoms with Crippen molar-refractivity contribution in [1.29, 1.82) is 10.5 Å².